The summed E-state index contributed by atoms with van der Waals surface area (Å²) in [7, 11) is 0. The highest BCUT2D eigenvalue weighted by atomic mass is 35.5. The summed E-state index contributed by atoms with van der Waals surface area (Å²) in [5.41, 5.74) is 5.10. The van der Waals surface area contributed by atoms with Crippen LogP contribution in [0.15, 0.2) is 84.9 Å². The minimum atomic E-state index is 0.332. The van der Waals surface area contributed by atoms with Crippen molar-refractivity contribution in [1.29, 1.82) is 0 Å². The van der Waals surface area contributed by atoms with E-state index in [9.17, 15) is 0 Å². The van der Waals surface area contributed by atoms with Gasteiger partial charge < -0.3 is 24.1 Å². The monoisotopic (exact) mass is 512 g/mol. The van der Waals surface area contributed by atoms with Gasteiger partial charge in [0.15, 0.2) is 5.65 Å². The molecule has 1 aliphatic rings. The summed E-state index contributed by atoms with van der Waals surface area (Å²) in [6.45, 7) is 3.76. The van der Waals surface area contributed by atoms with Gasteiger partial charge in [0.05, 0.1) is 29.4 Å². The predicted octanol–water partition coefficient (Wildman–Crippen LogP) is 6.49. The summed E-state index contributed by atoms with van der Waals surface area (Å²) < 4.78 is 17.3. The molecule has 3 aromatic carbocycles. The zero-order chi connectivity index (χ0) is 25.0. The average Bonchev–Trinajstić information content (AvgIpc) is 3.33. The quantitative estimate of drug-likeness (QED) is 0.269. The first-order valence-corrected chi connectivity index (χ1v) is 12.5. The van der Waals surface area contributed by atoms with Crippen molar-refractivity contribution in [3.63, 3.8) is 0 Å². The number of pyridine rings is 1. The number of benzene rings is 3. The molecule has 0 radical (unpaired) electrons. The van der Waals surface area contributed by atoms with Crippen molar-refractivity contribution in [2.45, 2.75) is 6.61 Å². The van der Waals surface area contributed by atoms with Gasteiger partial charge in [-0.2, -0.15) is 4.98 Å². The lowest BCUT2D eigenvalue weighted by Gasteiger charge is -2.28. The zero-order valence-corrected chi connectivity index (χ0v) is 20.8. The van der Waals surface area contributed by atoms with Gasteiger partial charge in [0, 0.05) is 30.4 Å². The summed E-state index contributed by atoms with van der Waals surface area (Å²) >= 11 is 6.61. The summed E-state index contributed by atoms with van der Waals surface area (Å²) in [6.07, 6.45) is 0. The highest BCUT2D eigenvalue weighted by Crippen LogP contribution is 2.32. The normalized spacial score (nSPS) is 13.6. The van der Waals surface area contributed by atoms with Crippen LogP contribution in [-0.2, 0) is 11.3 Å². The van der Waals surface area contributed by atoms with Gasteiger partial charge in [0.25, 0.3) is 0 Å². The highest BCUT2D eigenvalue weighted by molar-refractivity contribution is 6.33. The molecule has 0 amide bonds. The SMILES string of the molecule is Clc1cc2[nH]c(Oc3cccc(OCc4ccccc4)c3)nc2nc1-c1ccc(N2CCOCC2)cc1. The van der Waals surface area contributed by atoms with E-state index in [0.717, 1.165) is 43.1 Å². The van der Waals surface area contributed by atoms with Crippen molar-refractivity contribution in [2.75, 3.05) is 31.2 Å². The van der Waals surface area contributed by atoms with Crippen molar-refractivity contribution in [3.8, 4) is 28.8 Å². The molecule has 1 fully saturated rings. The molecule has 6 rings (SSSR count). The van der Waals surface area contributed by atoms with Gasteiger partial charge in [-0.1, -0.05) is 60.1 Å². The first-order chi connectivity index (χ1) is 18.2. The Morgan fingerprint density at radius 2 is 1.65 bits per heavy atom. The second-order valence-electron chi connectivity index (χ2n) is 8.73. The van der Waals surface area contributed by atoms with E-state index in [1.807, 2.05) is 72.8 Å². The molecule has 37 heavy (non-hydrogen) atoms. The van der Waals surface area contributed by atoms with Crippen LogP contribution in [0.1, 0.15) is 5.56 Å². The summed E-state index contributed by atoms with van der Waals surface area (Å²) in [4.78, 5) is 14.7. The third-order valence-electron chi connectivity index (χ3n) is 6.19. The standard InChI is InChI=1S/C29H25ClN4O3/c30-25-18-26-28(32-27(25)21-9-11-22(12-10-21)34-13-15-35-16-14-34)33-29(31-26)37-24-8-4-7-23(17-24)36-19-20-5-2-1-3-6-20/h1-12,17-18H,13-16,19H2,(H,31,32,33). The Labute approximate surface area is 219 Å². The number of halogens is 1. The molecule has 5 aromatic rings. The molecule has 8 heteroatoms. The Kier molecular flexibility index (Phi) is 6.62. The van der Waals surface area contributed by atoms with Gasteiger partial charge in [-0.3, -0.25) is 0 Å². The van der Waals surface area contributed by atoms with Gasteiger partial charge in [0.1, 0.15) is 18.1 Å². The maximum absolute atomic E-state index is 6.61. The number of hydrogen-bond donors (Lipinski definition) is 1. The van der Waals surface area contributed by atoms with Crippen molar-refractivity contribution in [1.82, 2.24) is 15.0 Å². The molecule has 0 aliphatic carbocycles. The zero-order valence-electron chi connectivity index (χ0n) is 20.1. The number of nitrogens with one attached hydrogen (secondary N) is 1. The number of nitrogens with zero attached hydrogens (tertiary/aromatic N) is 3. The molecular weight excluding hydrogens is 488 g/mol. The van der Waals surface area contributed by atoms with Crippen molar-refractivity contribution < 1.29 is 14.2 Å². The molecule has 0 spiro atoms. The number of aromatic nitrogens is 3. The maximum Gasteiger partial charge on any atom is 0.301 e. The Balaban J connectivity index is 1.18. The fourth-order valence-electron chi connectivity index (χ4n) is 4.28. The molecule has 7 nitrogen and oxygen atoms in total. The van der Waals surface area contributed by atoms with E-state index >= 15 is 0 Å². The number of hydrogen-bond acceptors (Lipinski definition) is 6. The van der Waals surface area contributed by atoms with Crippen LogP contribution >= 0.6 is 11.6 Å². The molecule has 186 valence electrons. The molecule has 0 atom stereocenters. The number of H-pyrrole nitrogens is 1. The molecule has 1 saturated heterocycles. The molecule has 0 unspecified atom stereocenters. The topological polar surface area (TPSA) is 72.5 Å². The Bertz CT molecular complexity index is 1500. The van der Waals surface area contributed by atoms with E-state index in [4.69, 9.17) is 30.8 Å². The molecular formula is C29H25ClN4O3. The second-order valence-corrected chi connectivity index (χ2v) is 9.14. The lowest BCUT2D eigenvalue weighted by atomic mass is 10.1. The first-order valence-electron chi connectivity index (χ1n) is 12.2. The third-order valence-corrected chi connectivity index (χ3v) is 6.48. The first kappa shape index (κ1) is 23.3. The van der Waals surface area contributed by atoms with Crippen LogP contribution in [0.5, 0.6) is 17.5 Å². The van der Waals surface area contributed by atoms with Gasteiger partial charge in [-0.25, -0.2) is 4.98 Å². The van der Waals surface area contributed by atoms with E-state index in [1.54, 1.807) is 0 Å². The number of morpholine rings is 1. The van der Waals surface area contributed by atoms with E-state index in [2.05, 4.69) is 27.0 Å². The minimum Gasteiger partial charge on any atom is -0.489 e. The number of imidazole rings is 1. The largest absolute Gasteiger partial charge is 0.489 e. The van der Waals surface area contributed by atoms with Crippen LogP contribution in [0.3, 0.4) is 0 Å². The Morgan fingerprint density at radius 1 is 0.865 bits per heavy atom. The lowest BCUT2D eigenvalue weighted by Crippen LogP contribution is -2.36. The van der Waals surface area contributed by atoms with Crippen molar-refractivity contribution >= 4 is 28.5 Å². The number of aromatic amines is 1. The Morgan fingerprint density at radius 3 is 2.46 bits per heavy atom. The average molecular weight is 513 g/mol. The van der Waals surface area contributed by atoms with Gasteiger partial charge in [-0.05, 0) is 35.9 Å². The third kappa shape index (κ3) is 5.38. The van der Waals surface area contributed by atoms with Crippen LogP contribution < -0.4 is 14.4 Å². The number of fused-ring (bicyclic) bond motifs is 1. The molecule has 1 N–H and O–H groups in total. The number of ether oxygens (including phenoxy) is 3. The van der Waals surface area contributed by atoms with Crippen molar-refractivity contribution in [2.24, 2.45) is 0 Å². The van der Waals surface area contributed by atoms with Gasteiger partial charge in [0.2, 0.25) is 0 Å². The van der Waals surface area contributed by atoms with Gasteiger partial charge >= 0.3 is 6.01 Å². The molecule has 0 bridgehead atoms. The van der Waals surface area contributed by atoms with E-state index in [0.29, 0.717) is 46.0 Å². The summed E-state index contributed by atoms with van der Waals surface area (Å²) in [6, 6.07) is 27.9. The molecule has 3 heterocycles. The van der Waals surface area contributed by atoms with E-state index < -0.39 is 0 Å². The van der Waals surface area contributed by atoms with Crippen LogP contribution in [0.2, 0.25) is 5.02 Å². The van der Waals surface area contributed by atoms with Crippen LogP contribution in [0, 0.1) is 0 Å². The van der Waals surface area contributed by atoms with Crippen LogP contribution in [0.25, 0.3) is 22.4 Å². The lowest BCUT2D eigenvalue weighted by molar-refractivity contribution is 0.122. The summed E-state index contributed by atoms with van der Waals surface area (Å²) in [5, 5.41) is 0.540. The number of anilines is 1. The molecule has 2 aromatic heterocycles. The second kappa shape index (κ2) is 10.5. The fourth-order valence-corrected chi connectivity index (χ4v) is 4.54. The van der Waals surface area contributed by atoms with E-state index in [1.165, 1.54) is 0 Å². The fraction of sp³-hybridized carbons (Fsp3) is 0.172. The van der Waals surface area contributed by atoms with Crippen LogP contribution in [0.4, 0.5) is 5.69 Å². The van der Waals surface area contributed by atoms with Gasteiger partial charge in [-0.15, -0.1) is 0 Å². The smallest absolute Gasteiger partial charge is 0.301 e. The van der Waals surface area contributed by atoms with Crippen molar-refractivity contribution in [3.05, 3.63) is 95.5 Å². The molecule has 1 aliphatic heterocycles. The predicted molar refractivity (Wildman–Crippen MR) is 145 cm³/mol. The highest BCUT2D eigenvalue weighted by Gasteiger charge is 2.15. The summed E-state index contributed by atoms with van der Waals surface area (Å²) in [5.74, 6) is 1.32. The van der Waals surface area contributed by atoms with Crippen LogP contribution in [-0.4, -0.2) is 41.3 Å². The minimum absolute atomic E-state index is 0.332. The maximum atomic E-state index is 6.61. The Hall–Kier alpha value is -4.07. The molecule has 0 saturated carbocycles. The van der Waals surface area contributed by atoms with E-state index in [-0.39, 0.29) is 0 Å². The number of rotatable bonds is 7.